The summed E-state index contributed by atoms with van der Waals surface area (Å²) in [5.74, 6) is 1.58. The van der Waals surface area contributed by atoms with Crippen LogP contribution in [0.1, 0.15) is 18.4 Å². The van der Waals surface area contributed by atoms with Crippen molar-refractivity contribution in [1.82, 2.24) is 0 Å². The number of nitrogens with zero attached hydrogens (tertiary/aromatic N) is 1. The molecular formula is C11H10BrNO. The maximum Gasteiger partial charge on any atom is 0.133 e. The first-order valence-electron chi connectivity index (χ1n) is 4.62. The number of rotatable bonds is 3. The van der Waals surface area contributed by atoms with Crippen molar-refractivity contribution in [3.8, 4) is 11.8 Å². The zero-order valence-corrected chi connectivity index (χ0v) is 9.25. The Morgan fingerprint density at radius 2 is 2.29 bits per heavy atom. The summed E-state index contributed by atoms with van der Waals surface area (Å²) >= 11 is 3.38. The summed E-state index contributed by atoms with van der Waals surface area (Å²) in [6.07, 6.45) is 2.57. The summed E-state index contributed by atoms with van der Waals surface area (Å²) in [4.78, 5) is 0. The maximum absolute atomic E-state index is 8.67. The van der Waals surface area contributed by atoms with Gasteiger partial charge in [0.1, 0.15) is 5.75 Å². The smallest absolute Gasteiger partial charge is 0.133 e. The first-order valence-corrected chi connectivity index (χ1v) is 5.41. The molecule has 2 rings (SSSR count). The van der Waals surface area contributed by atoms with Gasteiger partial charge in [-0.2, -0.15) is 5.26 Å². The van der Waals surface area contributed by atoms with E-state index in [1.165, 1.54) is 12.8 Å². The summed E-state index contributed by atoms with van der Waals surface area (Å²) < 4.78 is 6.46. The molecule has 0 N–H and O–H groups in total. The van der Waals surface area contributed by atoms with Gasteiger partial charge in [0.25, 0.3) is 0 Å². The second-order valence-corrected chi connectivity index (χ2v) is 4.37. The molecule has 0 spiro atoms. The van der Waals surface area contributed by atoms with Crippen LogP contribution in [0.15, 0.2) is 22.7 Å². The molecule has 0 aliphatic heterocycles. The van der Waals surface area contributed by atoms with E-state index < -0.39 is 0 Å². The van der Waals surface area contributed by atoms with Gasteiger partial charge in [0.15, 0.2) is 0 Å². The fraction of sp³-hybridized carbons (Fsp3) is 0.364. The average Bonchev–Trinajstić information content (AvgIpc) is 2.99. The van der Waals surface area contributed by atoms with E-state index in [-0.39, 0.29) is 0 Å². The number of hydrogen-bond donors (Lipinski definition) is 0. The van der Waals surface area contributed by atoms with Crippen LogP contribution >= 0.6 is 15.9 Å². The quantitative estimate of drug-likeness (QED) is 0.827. The van der Waals surface area contributed by atoms with Crippen LogP contribution in [0.3, 0.4) is 0 Å². The molecule has 1 aliphatic carbocycles. The summed E-state index contributed by atoms with van der Waals surface area (Å²) in [6.45, 7) is 0.796. The van der Waals surface area contributed by atoms with Crippen LogP contribution in [0.25, 0.3) is 0 Å². The fourth-order valence-electron chi connectivity index (χ4n) is 1.18. The molecular weight excluding hydrogens is 242 g/mol. The van der Waals surface area contributed by atoms with Crippen molar-refractivity contribution in [2.75, 3.05) is 6.61 Å². The SMILES string of the molecule is N#Cc1ccc(OCC2CC2)c(Br)c1. The van der Waals surface area contributed by atoms with E-state index in [9.17, 15) is 0 Å². The topological polar surface area (TPSA) is 33.0 Å². The molecule has 1 aromatic rings. The molecule has 14 heavy (non-hydrogen) atoms. The van der Waals surface area contributed by atoms with Crippen molar-refractivity contribution < 1.29 is 4.74 Å². The van der Waals surface area contributed by atoms with Crippen molar-refractivity contribution in [3.05, 3.63) is 28.2 Å². The third-order valence-electron chi connectivity index (χ3n) is 2.23. The Morgan fingerprint density at radius 1 is 1.50 bits per heavy atom. The van der Waals surface area contributed by atoms with Crippen LogP contribution in [0.4, 0.5) is 0 Å². The summed E-state index contributed by atoms with van der Waals surface area (Å²) in [5.41, 5.74) is 0.649. The highest BCUT2D eigenvalue weighted by molar-refractivity contribution is 9.10. The minimum atomic E-state index is 0.649. The van der Waals surface area contributed by atoms with Crippen molar-refractivity contribution >= 4 is 15.9 Å². The number of hydrogen-bond acceptors (Lipinski definition) is 2. The largest absolute Gasteiger partial charge is 0.492 e. The predicted octanol–water partition coefficient (Wildman–Crippen LogP) is 3.11. The Balaban J connectivity index is 2.05. The Bertz CT molecular complexity index is 379. The van der Waals surface area contributed by atoms with Gasteiger partial charge in [0.05, 0.1) is 22.7 Å². The van der Waals surface area contributed by atoms with Gasteiger partial charge >= 0.3 is 0 Å². The maximum atomic E-state index is 8.67. The van der Waals surface area contributed by atoms with Crippen LogP contribution in [-0.4, -0.2) is 6.61 Å². The van der Waals surface area contributed by atoms with Crippen LogP contribution in [0.5, 0.6) is 5.75 Å². The van der Waals surface area contributed by atoms with Crippen molar-refractivity contribution in [3.63, 3.8) is 0 Å². The molecule has 1 fully saturated rings. The Hall–Kier alpha value is -1.01. The predicted molar refractivity (Wildman–Crippen MR) is 57.1 cm³/mol. The lowest BCUT2D eigenvalue weighted by Crippen LogP contribution is -1.99. The van der Waals surface area contributed by atoms with Gasteiger partial charge in [-0.25, -0.2) is 0 Å². The van der Waals surface area contributed by atoms with Crippen LogP contribution < -0.4 is 4.74 Å². The molecule has 3 heteroatoms. The molecule has 0 amide bonds. The molecule has 0 saturated heterocycles. The molecule has 1 aromatic carbocycles. The number of ether oxygens (including phenoxy) is 1. The molecule has 1 aliphatic rings. The lowest BCUT2D eigenvalue weighted by atomic mass is 10.2. The van der Waals surface area contributed by atoms with Crippen molar-refractivity contribution in [1.29, 1.82) is 5.26 Å². The van der Waals surface area contributed by atoms with Gasteiger partial charge in [-0.1, -0.05) is 0 Å². The van der Waals surface area contributed by atoms with Crippen molar-refractivity contribution in [2.24, 2.45) is 5.92 Å². The molecule has 0 aromatic heterocycles. The molecule has 2 nitrogen and oxygen atoms in total. The molecule has 72 valence electrons. The first kappa shape index (κ1) is 9.54. The standard InChI is InChI=1S/C11H10BrNO/c12-10-5-9(6-13)3-4-11(10)14-7-8-1-2-8/h3-5,8H,1-2,7H2. The van der Waals surface area contributed by atoms with E-state index in [4.69, 9.17) is 10.00 Å². The molecule has 0 unspecified atom stereocenters. The van der Waals surface area contributed by atoms with Gasteiger partial charge in [-0.3, -0.25) is 0 Å². The lowest BCUT2D eigenvalue weighted by Gasteiger charge is -2.06. The summed E-state index contributed by atoms with van der Waals surface area (Å²) in [7, 11) is 0. The van der Waals surface area contributed by atoms with Gasteiger partial charge in [0.2, 0.25) is 0 Å². The molecule has 0 bridgehead atoms. The zero-order valence-electron chi connectivity index (χ0n) is 7.66. The number of benzene rings is 1. The molecule has 1 saturated carbocycles. The van der Waals surface area contributed by atoms with E-state index in [0.717, 1.165) is 22.7 Å². The Kier molecular flexibility index (Phi) is 2.74. The zero-order chi connectivity index (χ0) is 9.97. The highest BCUT2D eigenvalue weighted by Gasteiger charge is 2.22. The molecule has 0 heterocycles. The van der Waals surface area contributed by atoms with Gasteiger partial charge in [0, 0.05) is 0 Å². The normalized spacial score (nSPS) is 14.9. The van der Waals surface area contributed by atoms with Gasteiger partial charge in [-0.05, 0) is 52.9 Å². The molecule has 0 radical (unpaired) electrons. The Morgan fingerprint density at radius 3 is 2.86 bits per heavy atom. The van der Waals surface area contributed by atoms with E-state index in [0.29, 0.717) is 5.56 Å². The Labute approximate surface area is 91.6 Å². The van der Waals surface area contributed by atoms with Gasteiger partial charge < -0.3 is 4.74 Å². The second-order valence-electron chi connectivity index (χ2n) is 3.51. The monoisotopic (exact) mass is 251 g/mol. The van der Waals surface area contributed by atoms with E-state index in [1.807, 2.05) is 6.07 Å². The summed E-state index contributed by atoms with van der Waals surface area (Å²) in [5, 5.41) is 8.67. The van der Waals surface area contributed by atoms with Gasteiger partial charge in [-0.15, -0.1) is 0 Å². The third-order valence-corrected chi connectivity index (χ3v) is 2.85. The van der Waals surface area contributed by atoms with E-state index in [1.54, 1.807) is 12.1 Å². The van der Waals surface area contributed by atoms with Crippen molar-refractivity contribution in [2.45, 2.75) is 12.8 Å². The van der Waals surface area contributed by atoms with Crippen LogP contribution in [-0.2, 0) is 0 Å². The molecule has 0 atom stereocenters. The minimum Gasteiger partial charge on any atom is -0.492 e. The second kappa shape index (κ2) is 4.02. The third kappa shape index (κ3) is 2.27. The highest BCUT2D eigenvalue weighted by atomic mass is 79.9. The van der Waals surface area contributed by atoms with E-state index in [2.05, 4.69) is 22.0 Å². The minimum absolute atomic E-state index is 0.649. The number of nitriles is 1. The van der Waals surface area contributed by atoms with Crippen LogP contribution in [0.2, 0.25) is 0 Å². The van der Waals surface area contributed by atoms with Crippen LogP contribution in [0, 0.1) is 17.2 Å². The lowest BCUT2D eigenvalue weighted by molar-refractivity contribution is 0.298. The average molecular weight is 252 g/mol. The number of halogens is 1. The summed E-state index contributed by atoms with van der Waals surface area (Å²) in [6, 6.07) is 7.48. The fourth-order valence-corrected chi connectivity index (χ4v) is 1.67. The van der Waals surface area contributed by atoms with E-state index >= 15 is 0 Å². The highest BCUT2D eigenvalue weighted by Crippen LogP contribution is 2.32. The first-order chi connectivity index (χ1) is 6.79.